The number of hydrogen-bond donors (Lipinski definition) is 2. The lowest BCUT2D eigenvalue weighted by Gasteiger charge is -2.05. The molecule has 0 amide bonds. The zero-order chi connectivity index (χ0) is 18.0. The fourth-order valence-corrected chi connectivity index (χ4v) is 5.10. The molecule has 0 spiro atoms. The van der Waals surface area contributed by atoms with Crippen molar-refractivity contribution in [3.8, 4) is 0 Å². The van der Waals surface area contributed by atoms with E-state index in [2.05, 4.69) is 14.7 Å². The minimum absolute atomic E-state index is 0.160. The predicted octanol–water partition coefficient (Wildman–Crippen LogP) is 3.05. The van der Waals surface area contributed by atoms with Crippen molar-refractivity contribution in [1.29, 1.82) is 0 Å². The molecule has 9 heteroatoms. The molecule has 0 radical (unpaired) electrons. The third-order valence-electron chi connectivity index (χ3n) is 3.48. The third kappa shape index (κ3) is 3.92. The number of guanidine groups is 1. The molecule has 6 nitrogen and oxygen atoms in total. The number of aryl methyl sites for hydroxylation is 1. The monoisotopic (exact) mass is 394 g/mol. The number of benzene rings is 1. The van der Waals surface area contributed by atoms with E-state index in [4.69, 9.17) is 17.3 Å². The zero-order valence-corrected chi connectivity index (χ0v) is 15.6. The molecule has 0 saturated carbocycles. The van der Waals surface area contributed by atoms with Gasteiger partial charge in [0.05, 0.1) is 12.2 Å². The third-order valence-corrected chi connectivity index (χ3v) is 6.88. The van der Waals surface area contributed by atoms with Crippen LogP contribution in [0.3, 0.4) is 0 Å². The SMILES string of the molecule is Cc1c(S(=O)(=O)/N=C(\N)NCc2ccccn2)sc2ccc(Cl)cc12. The Morgan fingerprint density at radius 2 is 2.16 bits per heavy atom. The van der Waals surface area contributed by atoms with Crippen LogP contribution in [-0.4, -0.2) is 19.4 Å². The van der Waals surface area contributed by atoms with Gasteiger partial charge in [-0.1, -0.05) is 17.7 Å². The molecule has 2 heterocycles. The molecule has 0 unspecified atom stereocenters. The number of sulfonamides is 1. The van der Waals surface area contributed by atoms with E-state index >= 15 is 0 Å². The van der Waals surface area contributed by atoms with Crippen molar-refractivity contribution in [3.05, 3.63) is 58.9 Å². The van der Waals surface area contributed by atoms with Crippen LogP contribution < -0.4 is 11.1 Å². The molecule has 0 aliphatic rings. The van der Waals surface area contributed by atoms with Crippen LogP contribution in [0.4, 0.5) is 0 Å². The molecule has 3 N–H and O–H groups in total. The van der Waals surface area contributed by atoms with Gasteiger partial charge in [-0.25, -0.2) is 0 Å². The highest BCUT2D eigenvalue weighted by molar-refractivity contribution is 7.92. The predicted molar refractivity (Wildman–Crippen MR) is 101 cm³/mol. The summed E-state index contributed by atoms with van der Waals surface area (Å²) in [6, 6.07) is 10.7. The van der Waals surface area contributed by atoms with Gasteiger partial charge in [-0.15, -0.1) is 15.7 Å². The Hall–Kier alpha value is -2.16. The maximum absolute atomic E-state index is 12.6. The first kappa shape index (κ1) is 17.7. The maximum Gasteiger partial charge on any atom is 0.295 e. The van der Waals surface area contributed by atoms with Crippen LogP contribution in [0.2, 0.25) is 5.02 Å². The van der Waals surface area contributed by atoms with Crippen LogP contribution in [0.1, 0.15) is 11.3 Å². The number of nitrogens with two attached hydrogens (primary N) is 1. The van der Waals surface area contributed by atoms with Crippen molar-refractivity contribution < 1.29 is 8.42 Å². The molecule has 1 aromatic carbocycles. The van der Waals surface area contributed by atoms with E-state index in [0.29, 0.717) is 10.6 Å². The quantitative estimate of drug-likeness (QED) is 0.523. The number of halogens is 1. The first-order chi connectivity index (χ1) is 11.9. The summed E-state index contributed by atoms with van der Waals surface area (Å²) in [7, 11) is -3.91. The van der Waals surface area contributed by atoms with E-state index in [1.54, 1.807) is 43.5 Å². The van der Waals surface area contributed by atoms with Crippen LogP contribution in [-0.2, 0) is 16.6 Å². The second-order valence-corrected chi connectivity index (χ2v) is 8.57. The molecular weight excluding hydrogens is 380 g/mol. The molecule has 0 aliphatic heterocycles. The number of aromatic nitrogens is 1. The molecule has 3 aromatic rings. The van der Waals surface area contributed by atoms with Crippen molar-refractivity contribution in [3.63, 3.8) is 0 Å². The molecule has 0 aliphatic carbocycles. The molecular formula is C16H15ClN4O2S2. The topological polar surface area (TPSA) is 97.4 Å². The summed E-state index contributed by atoms with van der Waals surface area (Å²) in [5.41, 5.74) is 7.07. The van der Waals surface area contributed by atoms with Crippen LogP contribution >= 0.6 is 22.9 Å². The normalized spacial score (nSPS) is 12.5. The molecule has 0 saturated heterocycles. The Morgan fingerprint density at radius 1 is 1.36 bits per heavy atom. The van der Waals surface area contributed by atoms with Gasteiger partial charge in [0.2, 0.25) is 5.96 Å². The summed E-state index contributed by atoms with van der Waals surface area (Å²) in [5.74, 6) is -0.180. The first-order valence-corrected chi connectivity index (χ1v) is 9.93. The lowest BCUT2D eigenvalue weighted by molar-refractivity contribution is 0.599. The number of nitrogens with one attached hydrogen (secondary N) is 1. The van der Waals surface area contributed by atoms with Gasteiger partial charge in [0.25, 0.3) is 10.0 Å². The lowest BCUT2D eigenvalue weighted by atomic mass is 10.2. The standard InChI is InChI=1S/C16H15ClN4O2S2/c1-10-13-8-11(17)5-6-14(13)24-15(10)25(22,23)21-16(18)20-9-12-4-2-3-7-19-12/h2-8H,9H2,1H3,(H3,18,20,21). The van der Waals surface area contributed by atoms with Crippen LogP contribution in [0.15, 0.2) is 51.2 Å². The van der Waals surface area contributed by atoms with Crippen molar-refractivity contribution in [2.24, 2.45) is 10.1 Å². The average molecular weight is 395 g/mol. The van der Waals surface area contributed by atoms with E-state index in [1.165, 1.54) is 0 Å². The summed E-state index contributed by atoms with van der Waals surface area (Å²) >= 11 is 7.14. The largest absolute Gasteiger partial charge is 0.369 e. The van der Waals surface area contributed by atoms with E-state index in [1.807, 2.05) is 6.07 Å². The minimum Gasteiger partial charge on any atom is -0.369 e. The van der Waals surface area contributed by atoms with Gasteiger partial charge >= 0.3 is 0 Å². The van der Waals surface area contributed by atoms with Crippen LogP contribution in [0, 0.1) is 6.92 Å². The van der Waals surface area contributed by atoms with E-state index in [0.717, 1.165) is 27.1 Å². The van der Waals surface area contributed by atoms with Crippen molar-refractivity contribution in [1.82, 2.24) is 10.3 Å². The van der Waals surface area contributed by atoms with E-state index < -0.39 is 10.0 Å². The van der Waals surface area contributed by atoms with Gasteiger partial charge in [0, 0.05) is 15.9 Å². The Balaban J connectivity index is 1.87. The second-order valence-electron chi connectivity index (χ2n) is 5.28. The molecule has 0 bridgehead atoms. The average Bonchev–Trinajstić information content (AvgIpc) is 2.91. The van der Waals surface area contributed by atoms with Crippen LogP contribution in [0.5, 0.6) is 0 Å². The second kappa shape index (κ2) is 6.99. The molecule has 0 fully saturated rings. The number of rotatable bonds is 4. The minimum atomic E-state index is -3.91. The number of thiophene rings is 1. The van der Waals surface area contributed by atoms with Crippen LogP contribution in [0.25, 0.3) is 10.1 Å². The van der Waals surface area contributed by atoms with Crippen molar-refractivity contribution in [2.45, 2.75) is 17.7 Å². The van der Waals surface area contributed by atoms with Gasteiger partial charge in [0.15, 0.2) is 0 Å². The Labute approximate surface area is 154 Å². The molecule has 0 atom stereocenters. The highest BCUT2D eigenvalue weighted by Gasteiger charge is 2.21. The van der Waals surface area contributed by atoms with Gasteiger partial charge in [-0.2, -0.15) is 8.42 Å². The van der Waals surface area contributed by atoms with Crippen molar-refractivity contribution >= 4 is 49.0 Å². The highest BCUT2D eigenvalue weighted by Crippen LogP contribution is 2.36. The molecule has 3 rings (SSSR count). The fraction of sp³-hybridized carbons (Fsp3) is 0.125. The van der Waals surface area contributed by atoms with E-state index in [-0.39, 0.29) is 16.7 Å². The smallest absolute Gasteiger partial charge is 0.295 e. The highest BCUT2D eigenvalue weighted by atomic mass is 35.5. The lowest BCUT2D eigenvalue weighted by Crippen LogP contribution is -2.32. The van der Waals surface area contributed by atoms with E-state index in [9.17, 15) is 8.42 Å². The van der Waals surface area contributed by atoms with Crippen molar-refractivity contribution in [2.75, 3.05) is 0 Å². The van der Waals surface area contributed by atoms with Gasteiger partial charge in [0.1, 0.15) is 4.21 Å². The summed E-state index contributed by atoms with van der Waals surface area (Å²) in [6.07, 6.45) is 1.65. The number of hydrogen-bond acceptors (Lipinski definition) is 4. The zero-order valence-electron chi connectivity index (χ0n) is 13.2. The Kier molecular flexibility index (Phi) is 4.94. The van der Waals surface area contributed by atoms with Gasteiger partial charge in [-0.05, 0) is 48.2 Å². The first-order valence-electron chi connectivity index (χ1n) is 7.30. The molecule has 130 valence electrons. The summed E-state index contributed by atoms with van der Waals surface area (Å²) < 4.78 is 29.8. The Morgan fingerprint density at radius 3 is 2.88 bits per heavy atom. The van der Waals surface area contributed by atoms with Gasteiger partial charge in [-0.3, -0.25) is 4.98 Å². The fourth-order valence-electron chi connectivity index (χ4n) is 2.30. The number of pyridine rings is 1. The summed E-state index contributed by atoms with van der Waals surface area (Å²) in [4.78, 5) is 4.12. The summed E-state index contributed by atoms with van der Waals surface area (Å²) in [6.45, 7) is 2.02. The molecule has 2 aromatic heterocycles. The number of fused-ring (bicyclic) bond motifs is 1. The number of nitrogens with zero attached hydrogens (tertiary/aromatic N) is 2. The maximum atomic E-state index is 12.6. The van der Waals surface area contributed by atoms with Gasteiger partial charge < -0.3 is 11.1 Å². The molecule has 25 heavy (non-hydrogen) atoms. The summed E-state index contributed by atoms with van der Waals surface area (Å²) in [5, 5.41) is 4.11. The Bertz CT molecular complexity index is 1050.